The highest BCUT2D eigenvalue weighted by Crippen LogP contribution is 2.37. The molecule has 2 aromatic carbocycles. The van der Waals surface area contributed by atoms with Crippen LogP contribution >= 0.6 is 11.6 Å². The first-order valence-electron chi connectivity index (χ1n) is 13.9. The molecular formula is C31H38ClFN4O3. The van der Waals surface area contributed by atoms with E-state index in [1.807, 2.05) is 42.5 Å². The van der Waals surface area contributed by atoms with Crippen LogP contribution in [-0.4, -0.2) is 65.5 Å². The lowest BCUT2D eigenvalue weighted by Crippen LogP contribution is -2.47. The maximum absolute atomic E-state index is 13.9. The van der Waals surface area contributed by atoms with E-state index >= 15 is 0 Å². The van der Waals surface area contributed by atoms with Crippen molar-refractivity contribution < 1.29 is 19.4 Å². The number of halogens is 2. The van der Waals surface area contributed by atoms with Crippen LogP contribution in [0.25, 0.3) is 0 Å². The first-order chi connectivity index (χ1) is 19.3. The van der Waals surface area contributed by atoms with Crippen LogP contribution in [0.1, 0.15) is 48.9 Å². The molecule has 9 heteroatoms. The molecule has 1 fully saturated rings. The molecule has 7 nitrogen and oxygen atoms in total. The van der Waals surface area contributed by atoms with Gasteiger partial charge in [-0.25, -0.2) is 9.18 Å². The fourth-order valence-corrected chi connectivity index (χ4v) is 5.62. The number of likely N-dealkylation sites (tertiary alicyclic amines) is 1. The van der Waals surface area contributed by atoms with Crippen molar-refractivity contribution in [2.45, 2.75) is 43.1 Å². The van der Waals surface area contributed by atoms with Crippen LogP contribution < -0.4 is 10.6 Å². The topological polar surface area (TPSA) is 97.7 Å². The number of aromatic nitrogens is 1. The number of rotatable bonds is 12. The van der Waals surface area contributed by atoms with E-state index in [1.165, 1.54) is 12.1 Å². The van der Waals surface area contributed by atoms with E-state index in [-0.39, 0.29) is 25.0 Å². The standard InChI is InChI=1S/C31H38ClFN4O3/c32-26-10-6-25(7-11-26)31(40)15-20-37(21-16-31)19-3-14-30(28-5-1-2-17-34-28,24-8-12-27(33)13-9-24)23-36-29(39)35-18-4-22-38/h1-2,5-13,17,38,40H,3-4,14-16,18-23H2,(H2,35,36,39). The van der Waals surface area contributed by atoms with Crippen molar-refractivity contribution in [3.63, 3.8) is 0 Å². The predicted molar refractivity (Wildman–Crippen MR) is 155 cm³/mol. The van der Waals surface area contributed by atoms with E-state index in [2.05, 4.69) is 20.5 Å². The predicted octanol–water partition coefficient (Wildman–Crippen LogP) is 4.61. The third kappa shape index (κ3) is 7.57. The lowest BCUT2D eigenvalue weighted by Gasteiger charge is -2.39. The van der Waals surface area contributed by atoms with Gasteiger partial charge in [0.15, 0.2) is 0 Å². The minimum absolute atomic E-state index is 0.00132. The quantitative estimate of drug-likeness (QED) is 0.239. The second-order valence-electron chi connectivity index (χ2n) is 10.5. The summed E-state index contributed by atoms with van der Waals surface area (Å²) in [7, 11) is 0. The summed E-state index contributed by atoms with van der Waals surface area (Å²) in [6.45, 7) is 2.98. The first-order valence-corrected chi connectivity index (χ1v) is 14.2. The number of nitrogens with one attached hydrogen (secondary N) is 2. The van der Waals surface area contributed by atoms with Crippen LogP contribution in [0.4, 0.5) is 9.18 Å². The van der Waals surface area contributed by atoms with Crippen LogP contribution in [0.5, 0.6) is 0 Å². The van der Waals surface area contributed by atoms with Crippen LogP contribution in [0.2, 0.25) is 5.02 Å². The van der Waals surface area contributed by atoms with Crippen LogP contribution in [-0.2, 0) is 11.0 Å². The van der Waals surface area contributed by atoms with E-state index in [0.29, 0.717) is 37.3 Å². The molecule has 214 valence electrons. The third-order valence-electron chi connectivity index (χ3n) is 7.87. The molecule has 0 bridgehead atoms. The van der Waals surface area contributed by atoms with Gasteiger partial charge in [-0.15, -0.1) is 0 Å². The van der Waals surface area contributed by atoms with Gasteiger partial charge in [0, 0.05) is 44.0 Å². The Hall–Kier alpha value is -3.04. The molecule has 1 aliphatic rings. The molecular weight excluding hydrogens is 531 g/mol. The molecule has 4 rings (SSSR count). The van der Waals surface area contributed by atoms with Crippen molar-refractivity contribution in [3.8, 4) is 0 Å². The van der Waals surface area contributed by atoms with E-state index < -0.39 is 11.0 Å². The van der Waals surface area contributed by atoms with Crippen LogP contribution in [0, 0.1) is 5.82 Å². The Morgan fingerprint density at radius 1 is 1.02 bits per heavy atom. The average Bonchev–Trinajstić information content (AvgIpc) is 2.97. The smallest absolute Gasteiger partial charge is 0.314 e. The molecule has 1 aliphatic heterocycles. The fraction of sp³-hybridized carbons (Fsp3) is 0.419. The van der Waals surface area contributed by atoms with Gasteiger partial charge in [-0.1, -0.05) is 41.9 Å². The summed E-state index contributed by atoms with van der Waals surface area (Å²) in [5.74, 6) is -0.324. The van der Waals surface area contributed by atoms with Crippen molar-refractivity contribution in [1.29, 1.82) is 0 Å². The minimum Gasteiger partial charge on any atom is -0.396 e. The summed E-state index contributed by atoms with van der Waals surface area (Å²) in [5.41, 5.74) is 1.03. The highest BCUT2D eigenvalue weighted by atomic mass is 35.5. The monoisotopic (exact) mass is 568 g/mol. The number of aliphatic hydroxyl groups excluding tert-OH is 1. The number of urea groups is 1. The first kappa shape index (κ1) is 29.9. The fourth-order valence-electron chi connectivity index (χ4n) is 5.49. The van der Waals surface area contributed by atoms with Crippen LogP contribution in [0.3, 0.4) is 0 Å². The van der Waals surface area contributed by atoms with Crippen molar-refractivity contribution in [3.05, 3.63) is 101 Å². The highest BCUT2D eigenvalue weighted by molar-refractivity contribution is 6.30. The Morgan fingerprint density at radius 3 is 2.40 bits per heavy atom. The van der Waals surface area contributed by atoms with Crippen molar-refractivity contribution in [1.82, 2.24) is 20.5 Å². The average molecular weight is 569 g/mol. The Bertz CT molecular complexity index is 1210. The zero-order valence-corrected chi connectivity index (χ0v) is 23.4. The molecule has 0 radical (unpaired) electrons. The number of nitrogens with zero attached hydrogens (tertiary/aromatic N) is 2. The highest BCUT2D eigenvalue weighted by Gasteiger charge is 2.37. The summed E-state index contributed by atoms with van der Waals surface area (Å²) in [6, 6.07) is 19.2. The van der Waals surface area contributed by atoms with E-state index in [1.54, 1.807) is 18.3 Å². The van der Waals surface area contributed by atoms with Gasteiger partial charge in [0.05, 0.1) is 16.7 Å². The minimum atomic E-state index is -0.861. The molecule has 2 amide bonds. The van der Waals surface area contributed by atoms with E-state index in [9.17, 15) is 14.3 Å². The van der Waals surface area contributed by atoms with Gasteiger partial charge in [-0.05, 0) is 86.2 Å². The van der Waals surface area contributed by atoms with E-state index in [0.717, 1.165) is 42.9 Å². The Morgan fingerprint density at radius 2 is 1.75 bits per heavy atom. The van der Waals surface area contributed by atoms with Gasteiger partial charge < -0.3 is 25.7 Å². The molecule has 1 saturated heterocycles. The summed E-state index contributed by atoms with van der Waals surface area (Å²) >= 11 is 6.03. The number of amides is 2. The number of pyridine rings is 1. The number of benzene rings is 2. The summed E-state index contributed by atoms with van der Waals surface area (Å²) in [4.78, 5) is 19.6. The van der Waals surface area contributed by atoms with Crippen molar-refractivity contribution in [2.75, 3.05) is 39.3 Å². The molecule has 3 aromatic rings. The SMILES string of the molecule is O=C(NCCCO)NCC(CCCN1CCC(O)(c2ccc(Cl)cc2)CC1)(c1ccc(F)cc1)c1ccccn1. The Labute approximate surface area is 240 Å². The number of carbonyl (C=O) groups is 1. The van der Waals surface area contributed by atoms with Gasteiger partial charge in [0.2, 0.25) is 0 Å². The summed E-state index contributed by atoms with van der Waals surface area (Å²) < 4.78 is 13.9. The van der Waals surface area contributed by atoms with Gasteiger partial charge in [0.25, 0.3) is 0 Å². The number of hydrogen-bond donors (Lipinski definition) is 4. The molecule has 1 atom stereocenters. The summed E-state index contributed by atoms with van der Waals surface area (Å²) in [5, 5.41) is 26.7. The van der Waals surface area contributed by atoms with Gasteiger partial charge in [-0.3, -0.25) is 4.98 Å². The largest absolute Gasteiger partial charge is 0.396 e. The molecule has 1 aromatic heterocycles. The lowest BCUT2D eigenvalue weighted by atomic mass is 9.73. The van der Waals surface area contributed by atoms with Crippen molar-refractivity contribution in [2.24, 2.45) is 0 Å². The lowest BCUT2D eigenvalue weighted by molar-refractivity contribution is -0.0262. The number of piperidine rings is 1. The normalized spacial score (nSPS) is 16.7. The van der Waals surface area contributed by atoms with Gasteiger partial charge >= 0.3 is 6.03 Å². The molecule has 0 aliphatic carbocycles. The van der Waals surface area contributed by atoms with Crippen LogP contribution in [0.15, 0.2) is 72.9 Å². The number of carbonyl (C=O) groups excluding carboxylic acids is 1. The molecule has 0 spiro atoms. The maximum atomic E-state index is 13.9. The second kappa shape index (κ2) is 14.0. The molecule has 40 heavy (non-hydrogen) atoms. The van der Waals surface area contributed by atoms with Gasteiger partial charge in [0.1, 0.15) is 5.82 Å². The zero-order valence-electron chi connectivity index (χ0n) is 22.7. The number of hydrogen-bond acceptors (Lipinski definition) is 5. The second-order valence-corrected chi connectivity index (χ2v) is 10.9. The zero-order chi connectivity index (χ0) is 28.4. The Balaban J connectivity index is 1.47. The van der Waals surface area contributed by atoms with Crippen molar-refractivity contribution >= 4 is 17.6 Å². The maximum Gasteiger partial charge on any atom is 0.314 e. The molecule has 1 unspecified atom stereocenters. The molecule has 0 saturated carbocycles. The summed E-state index contributed by atoms with van der Waals surface area (Å²) in [6.07, 6.45) is 4.95. The van der Waals surface area contributed by atoms with Gasteiger partial charge in [-0.2, -0.15) is 0 Å². The third-order valence-corrected chi connectivity index (χ3v) is 8.12. The Kier molecular flexibility index (Phi) is 10.5. The number of aliphatic hydroxyl groups is 2. The molecule has 4 N–H and O–H groups in total. The molecule has 2 heterocycles. The van der Waals surface area contributed by atoms with E-state index in [4.69, 9.17) is 16.7 Å².